The molecule has 57 heavy (non-hydrogen) atoms. The molecule has 0 amide bonds. The molecule has 0 radical (unpaired) electrons. The van der Waals surface area contributed by atoms with Gasteiger partial charge in [-0.2, -0.15) is 0 Å². The van der Waals surface area contributed by atoms with Crippen molar-refractivity contribution in [3.05, 3.63) is 112 Å². The SMILES string of the molecule is O=C1c2cccc3c2C(=O)C2(CSSCNc4cc(ccn4)C4(CCCC4)C4CCC5(CO)OC(O3)C(O)C4(O)C5O)C(O)=CC(Cc3cccc(CO)c3)=CC12. The summed E-state index contributed by atoms with van der Waals surface area (Å²) in [7, 11) is 2.76. The van der Waals surface area contributed by atoms with Crippen LogP contribution < -0.4 is 10.1 Å². The predicted molar refractivity (Wildman–Crippen MR) is 214 cm³/mol. The average Bonchev–Trinajstić information content (AvgIpc) is 3.72. The first-order chi connectivity index (χ1) is 27.5. The zero-order chi connectivity index (χ0) is 39.7. The first-order valence-electron chi connectivity index (χ1n) is 19.5. The van der Waals surface area contributed by atoms with Crippen LogP contribution in [0.1, 0.15) is 75.9 Å². The summed E-state index contributed by atoms with van der Waals surface area (Å²) in [5, 5.41) is 73.1. The van der Waals surface area contributed by atoms with Crippen LogP contribution >= 0.6 is 21.6 Å². The third-order valence-electron chi connectivity index (χ3n) is 13.6. The van der Waals surface area contributed by atoms with Crippen molar-refractivity contribution in [2.45, 2.75) is 86.7 Å². The number of hydrogen-bond donors (Lipinski definition) is 7. The maximum atomic E-state index is 15.2. The molecule has 2 saturated carbocycles. The minimum atomic E-state index is -2.22. The van der Waals surface area contributed by atoms with E-state index in [9.17, 15) is 35.4 Å². The van der Waals surface area contributed by atoms with E-state index >= 15 is 4.79 Å². The largest absolute Gasteiger partial charge is 0.511 e. The van der Waals surface area contributed by atoms with Gasteiger partial charge in [0.25, 0.3) is 0 Å². The van der Waals surface area contributed by atoms with Crippen molar-refractivity contribution in [2.24, 2.45) is 17.3 Å². The van der Waals surface area contributed by atoms with Crippen LogP contribution in [0.5, 0.6) is 5.75 Å². The minimum Gasteiger partial charge on any atom is -0.511 e. The quantitative estimate of drug-likeness (QED) is 0.178. The number of rotatable bonds is 4. The maximum Gasteiger partial charge on any atom is 0.229 e. The molecule has 2 spiro atoms. The number of carbonyl (C=O) groups excluding carboxylic acids is 2. The summed E-state index contributed by atoms with van der Waals surface area (Å²) in [6.45, 7) is -0.808. The fourth-order valence-electron chi connectivity index (χ4n) is 10.8. The normalized spacial score (nSPS) is 34.3. The molecule has 3 aromatic rings. The third kappa shape index (κ3) is 5.85. The van der Waals surface area contributed by atoms with Crippen LogP contribution in [0.3, 0.4) is 0 Å². The van der Waals surface area contributed by atoms with Crippen LogP contribution in [0, 0.1) is 17.3 Å². The van der Waals surface area contributed by atoms with Gasteiger partial charge in [0.2, 0.25) is 6.29 Å². The second-order valence-corrected chi connectivity index (χ2v) is 18.9. The molecule has 3 heterocycles. The van der Waals surface area contributed by atoms with E-state index in [4.69, 9.17) is 9.47 Å². The van der Waals surface area contributed by atoms with E-state index in [-0.39, 0.29) is 41.4 Å². The number of fused-ring (bicyclic) bond motifs is 6. The number of aromatic nitrogens is 1. The number of Topliss-reactive ketones (excluding diaryl/α,β-unsaturated/α-hetero) is 2. The molecule has 1 saturated heterocycles. The van der Waals surface area contributed by atoms with Crippen LogP contribution in [0.25, 0.3) is 0 Å². The molecule has 12 nitrogen and oxygen atoms in total. The molecule has 6 aliphatic rings. The summed E-state index contributed by atoms with van der Waals surface area (Å²) < 4.78 is 12.7. The lowest BCUT2D eigenvalue weighted by molar-refractivity contribution is -0.381. The van der Waals surface area contributed by atoms with E-state index in [0.29, 0.717) is 43.0 Å². The zero-order valence-corrected chi connectivity index (χ0v) is 32.8. The Morgan fingerprint density at radius 3 is 2.54 bits per heavy atom. The maximum absolute atomic E-state index is 15.2. The molecule has 9 rings (SSSR count). The lowest BCUT2D eigenvalue weighted by atomic mass is 9.52. The zero-order valence-electron chi connectivity index (χ0n) is 31.2. The number of carbonyl (C=O) groups is 2. The van der Waals surface area contributed by atoms with Crippen LogP contribution in [0.2, 0.25) is 0 Å². The fourth-order valence-corrected chi connectivity index (χ4v) is 13.0. The molecule has 300 valence electrons. The van der Waals surface area contributed by atoms with Crippen molar-refractivity contribution in [1.82, 2.24) is 4.98 Å². The Balaban J connectivity index is 1.17. The van der Waals surface area contributed by atoms with E-state index < -0.39 is 70.5 Å². The molecule has 8 atom stereocenters. The van der Waals surface area contributed by atoms with Gasteiger partial charge < -0.3 is 45.4 Å². The number of allylic oxidation sites excluding steroid dienone is 4. The number of nitrogens with one attached hydrogen (secondary N) is 1. The molecule has 2 aromatic carbocycles. The van der Waals surface area contributed by atoms with Crippen LogP contribution in [-0.2, 0) is 23.2 Å². The summed E-state index contributed by atoms with van der Waals surface area (Å²) >= 11 is 0. The highest BCUT2D eigenvalue weighted by atomic mass is 33.1. The first-order valence-corrected chi connectivity index (χ1v) is 22.0. The number of ketones is 2. The first kappa shape index (κ1) is 38.8. The van der Waals surface area contributed by atoms with Crippen molar-refractivity contribution >= 4 is 39.0 Å². The van der Waals surface area contributed by atoms with Gasteiger partial charge in [0.1, 0.15) is 46.2 Å². The number of aliphatic hydroxyl groups excluding tert-OH is 5. The molecule has 1 aromatic heterocycles. The van der Waals surface area contributed by atoms with Gasteiger partial charge in [0.15, 0.2) is 11.6 Å². The van der Waals surface area contributed by atoms with Gasteiger partial charge in [-0.25, -0.2) is 4.98 Å². The smallest absolute Gasteiger partial charge is 0.229 e. The van der Waals surface area contributed by atoms with E-state index in [1.165, 1.54) is 33.7 Å². The monoisotopic (exact) mass is 814 g/mol. The summed E-state index contributed by atoms with van der Waals surface area (Å²) in [5.41, 5.74) is -3.14. The Bertz CT molecular complexity index is 2170. The molecule has 14 heteroatoms. The van der Waals surface area contributed by atoms with Crippen molar-refractivity contribution in [3.8, 4) is 5.75 Å². The van der Waals surface area contributed by atoms with Gasteiger partial charge in [-0.3, -0.25) is 9.59 Å². The van der Waals surface area contributed by atoms with Gasteiger partial charge in [-0.15, -0.1) is 0 Å². The minimum absolute atomic E-state index is 0.0227. The van der Waals surface area contributed by atoms with E-state index in [0.717, 1.165) is 29.5 Å². The molecule has 3 fully saturated rings. The number of ether oxygens (including phenoxy) is 2. The standard InChI is InChI=1S/C43H46N2O10S2/c46-20-25-6-3-5-24(15-25)16-26-17-29-35(49)28-7-4-8-30-34(28)36(50)42(29,32(48)18-26)22-56-57-23-45-33-19-27(10-14-44-33)40(11-1-2-12-40)31-9-13-41(21-47)39(52)43(31,53)37(51)38(54-30)55-41/h3-8,10,14-15,17-19,29,31,37-39,46-48,51-53H,1-2,9,11-13,16,20-23H2,(H,44,45). The Morgan fingerprint density at radius 2 is 1.75 bits per heavy atom. The van der Waals surface area contributed by atoms with Crippen molar-refractivity contribution in [2.75, 3.05) is 23.6 Å². The van der Waals surface area contributed by atoms with Crippen molar-refractivity contribution in [1.29, 1.82) is 0 Å². The van der Waals surface area contributed by atoms with E-state index in [1.807, 2.05) is 30.3 Å². The highest BCUT2D eigenvalue weighted by Gasteiger charge is 2.71. The Morgan fingerprint density at radius 1 is 0.965 bits per heavy atom. The topological polar surface area (TPSA) is 199 Å². The summed E-state index contributed by atoms with van der Waals surface area (Å²) in [6.07, 6.45) is 3.80. The van der Waals surface area contributed by atoms with Crippen molar-refractivity contribution < 1.29 is 49.7 Å². The van der Waals surface area contributed by atoms with Crippen LogP contribution in [-0.4, -0.2) is 95.1 Å². The van der Waals surface area contributed by atoms with Crippen molar-refractivity contribution in [3.63, 3.8) is 0 Å². The molecule has 7 bridgehead atoms. The Kier molecular flexibility index (Phi) is 9.88. The second-order valence-electron chi connectivity index (χ2n) is 16.4. The molecular formula is C43H46N2O10S2. The van der Waals surface area contributed by atoms with Gasteiger partial charge in [0.05, 0.1) is 30.6 Å². The number of aliphatic hydroxyl groups is 6. The van der Waals surface area contributed by atoms with Gasteiger partial charge in [0, 0.05) is 28.8 Å². The van der Waals surface area contributed by atoms with E-state index in [1.54, 1.807) is 30.5 Å². The predicted octanol–water partition coefficient (Wildman–Crippen LogP) is 4.79. The summed E-state index contributed by atoms with van der Waals surface area (Å²) in [4.78, 5) is 34.5. The molecule has 2 aliphatic heterocycles. The summed E-state index contributed by atoms with van der Waals surface area (Å²) in [5.74, 6) is -2.07. The summed E-state index contributed by atoms with van der Waals surface area (Å²) in [6, 6.07) is 15.9. The molecular weight excluding hydrogens is 769 g/mol. The van der Waals surface area contributed by atoms with Gasteiger partial charge >= 0.3 is 0 Å². The lowest BCUT2D eigenvalue weighted by Crippen LogP contribution is -2.79. The number of anilines is 1. The Hall–Kier alpha value is -3.73. The third-order valence-corrected chi connectivity index (χ3v) is 15.8. The number of hydrogen-bond acceptors (Lipinski definition) is 14. The lowest BCUT2D eigenvalue weighted by Gasteiger charge is -2.62. The second kappa shape index (κ2) is 14.5. The average molecular weight is 815 g/mol. The number of pyridine rings is 1. The van der Waals surface area contributed by atoms with Crippen LogP contribution in [0.4, 0.5) is 5.82 Å². The fraction of sp³-hybridized carbons (Fsp3) is 0.465. The number of nitrogens with zero attached hydrogens (tertiary/aromatic N) is 1. The van der Waals surface area contributed by atoms with E-state index in [2.05, 4.69) is 10.3 Å². The Labute approximate surface area is 337 Å². The molecule has 8 unspecified atom stereocenters. The molecule has 4 aliphatic carbocycles. The number of benzene rings is 2. The molecule has 7 N–H and O–H groups in total. The highest BCUT2D eigenvalue weighted by molar-refractivity contribution is 8.76. The van der Waals surface area contributed by atoms with Gasteiger partial charge in [-0.05, 0) is 78.6 Å². The highest BCUT2D eigenvalue weighted by Crippen LogP contribution is 2.60. The van der Waals surface area contributed by atoms with Gasteiger partial charge in [-0.1, -0.05) is 76.9 Å². The van der Waals surface area contributed by atoms with Crippen LogP contribution in [0.15, 0.2) is 84.3 Å².